The number of aryl methyl sites for hydroxylation is 2. The Morgan fingerprint density at radius 3 is 2.81 bits per heavy atom. The van der Waals surface area contributed by atoms with Gasteiger partial charge in [0.1, 0.15) is 16.6 Å². The van der Waals surface area contributed by atoms with Gasteiger partial charge in [0.2, 0.25) is 11.8 Å². The summed E-state index contributed by atoms with van der Waals surface area (Å²) < 4.78 is 7.73. The van der Waals surface area contributed by atoms with Crippen molar-refractivity contribution in [2.75, 3.05) is 5.73 Å². The molecular formula is C9H10BrN5O. The summed E-state index contributed by atoms with van der Waals surface area (Å²) in [6.07, 6.45) is 1.35. The van der Waals surface area contributed by atoms with E-state index in [0.29, 0.717) is 22.1 Å². The second-order valence-electron chi connectivity index (χ2n) is 3.23. The molecule has 0 aromatic carbocycles. The van der Waals surface area contributed by atoms with Gasteiger partial charge in [0.25, 0.3) is 0 Å². The average Bonchev–Trinajstić information content (AvgIpc) is 2.53. The van der Waals surface area contributed by atoms with Crippen molar-refractivity contribution in [2.24, 2.45) is 7.05 Å². The van der Waals surface area contributed by atoms with Crippen molar-refractivity contribution in [1.29, 1.82) is 0 Å². The Kier molecular flexibility index (Phi) is 2.78. The van der Waals surface area contributed by atoms with Crippen LogP contribution in [0, 0.1) is 6.92 Å². The van der Waals surface area contributed by atoms with E-state index in [0.717, 1.165) is 5.69 Å². The maximum Gasteiger partial charge on any atom is 0.240 e. The largest absolute Gasteiger partial charge is 0.420 e. The second kappa shape index (κ2) is 4.09. The zero-order valence-corrected chi connectivity index (χ0v) is 10.4. The van der Waals surface area contributed by atoms with Crippen molar-refractivity contribution in [3.05, 3.63) is 22.6 Å². The van der Waals surface area contributed by atoms with Crippen LogP contribution in [0.1, 0.15) is 5.69 Å². The number of anilines is 1. The SMILES string of the molecule is Cc1cc(Oc2ncnc(N)c2Br)n(C)n1. The van der Waals surface area contributed by atoms with Crippen LogP contribution in [0.25, 0.3) is 0 Å². The Morgan fingerprint density at radius 1 is 1.44 bits per heavy atom. The molecule has 0 bridgehead atoms. The van der Waals surface area contributed by atoms with Crippen molar-refractivity contribution >= 4 is 21.7 Å². The topological polar surface area (TPSA) is 78.9 Å². The Balaban J connectivity index is 2.34. The molecule has 2 N–H and O–H groups in total. The fourth-order valence-corrected chi connectivity index (χ4v) is 1.50. The zero-order valence-electron chi connectivity index (χ0n) is 8.81. The summed E-state index contributed by atoms with van der Waals surface area (Å²) in [5, 5.41) is 4.16. The molecule has 0 radical (unpaired) electrons. The van der Waals surface area contributed by atoms with Gasteiger partial charge in [-0.1, -0.05) is 0 Å². The molecule has 0 aliphatic carbocycles. The smallest absolute Gasteiger partial charge is 0.240 e. The Hall–Kier alpha value is -1.63. The number of nitrogens with two attached hydrogens (primary N) is 1. The molecule has 6 nitrogen and oxygen atoms in total. The summed E-state index contributed by atoms with van der Waals surface area (Å²) in [6, 6.07) is 1.81. The van der Waals surface area contributed by atoms with Crippen LogP contribution in [0.5, 0.6) is 11.8 Å². The van der Waals surface area contributed by atoms with Crippen LogP contribution in [0.4, 0.5) is 5.82 Å². The molecule has 7 heteroatoms. The van der Waals surface area contributed by atoms with Crippen LogP contribution < -0.4 is 10.5 Å². The lowest BCUT2D eigenvalue weighted by molar-refractivity contribution is 0.412. The molecule has 0 saturated heterocycles. The van der Waals surface area contributed by atoms with E-state index in [1.54, 1.807) is 11.7 Å². The van der Waals surface area contributed by atoms with Crippen LogP contribution in [0.15, 0.2) is 16.9 Å². The first-order chi connectivity index (χ1) is 7.58. The van der Waals surface area contributed by atoms with Gasteiger partial charge < -0.3 is 10.5 Å². The van der Waals surface area contributed by atoms with Gasteiger partial charge in [-0.3, -0.25) is 0 Å². The molecular weight excluding hydrogens is 274 g/mol. The van der Waals surface area contributed by atoms with Crippen molar-refractivity contribution in [3.8, 4) is 11.8 Å². The third-order valence-corrected chi connectivity index (χ3v) is 2.69. The van der Waals surface area contributed by atoms with Crippen LogP contribution in [0.2, 0.25) is 0 Å². The molecule has 0 amide bonds. The summed E-state index contributed by atoms with van der Waals surface area (Å²) in [5.41, 5.74) is 6.49. The van der Waals surface area contributed by atoms with E-state index in [1.165, 1.54) is 6.33 Å². The van der Waals surface area contributed by atoms with E-state index in [1.807, 2.05) is 13.0 Å². The molecule has 16 heavy (non-hydrogen) atoms. The van der Waals surface area contributed by atoms with E-state index in [9.17, 15) is 0 Å². The summed E-state index contributed by atoms with van der Waals surface area (Å²) in [5.74, 6) is 1.30. The summed E-state index contributed by atoms with van der Waals surface area (Å²) >= 11 is 3.26. The molecule has 2 heterocycles. The predicted molar refractivity (Wildman–Crippen MR) is 62.2 cm³/mol. The lowest BCUT2D eigenvalue weighted by Gasteiger charge is -2.06. The van der Waals surface area contributed by atoms with Gasteiger partial charge in [0.05, 0.1) is 5.69 Å². The highest BCUT2D eigenvalue weighted by Gasteiger charge is 2.11. The van der Waals surface area contributed by atoms with Gasteiger partial charge in [-0.25, -0.2) is 14.6 Å². The second-order valence-corrected chi connectivity index (χ2v) is 4.02. The number of rotatable bonds is 2. The van der Waals surface area contributed by atoms with Gasteiger partial charge in [-0.2, -0.15) is 5.10 Å². The third kappa shape index (κ3) is 1.99. The van der Waals surface area contributed by atoms with E-state index in [-0.39, 0.29) is 0 Å². The van der Waals surface area contributed by atoms with E-state index < -0.39 is 0 Å². The number of hydrogen-bond acceptors (Lipinski definition) is 5. The van der Waals surface area contributed by atoms with Gasteiger partial charge in [0, 0.05) is 13.1 Å². The summed E-state index contributed by atoms with van der Waals surface area (Å²) in [6.45, 7) is 1.89. The predicted octanol–water partition coefficient (Wildman–Crippen LogP) is 1.66. The molecule has 2 aromatic heterocycles. The highest BCUT2D eigenvalue weighted by atomic mass is 79.9. The Bertz CT molecular complexity index is 525. The first kappa shape index (κ1) is 10.9. The van der Waals surface area contributed by atoms with E-state index in [2.05, 4.69) is 31.0 Å². The number of halogens is 1. The lowest BCUT2D eigenvalue weighted by Crippen LogP contribution is -1.99. The van der Waals surface area contributed by atoms with Crippen molar-refractivity contribution < 1.29 is 4.74 Å². The number of nitrogens with zero attached hydrogens (tertiary/aromatic N) is 4. The van der Waals surface area contributed by atoms with Gasteiger partial charge in [-0.15, -0.1) is 0 Å². The quantitative estimate of drug-likeness (QED) is 0.907. The number of hydrogen-bond donors (Lipinski definition) is 1. The van der Waals surface area contributed by atoms with Crippen molar-refractivity contribution in [2.45, 2.75) is 6.92 Å². The maximum atomic E-state index is 5.62. The molecule has 2 aromatic rings. The molecule has 0 saturated carbocycles. The Morgan fingerprint density at radius 2 is 2.19 bits per heavy atom. The minimum Gasteiger partial charge on any atom is -0.420 e. The molecule has 84 valence electrons. The average molecular weight is 284 g/mol. The third-order valence-electron chi connectivity index (χ3n) is 1.94. The van der Waals surface area contributed by atoms with E-state index >= 15 is 0 Å². The van der Waals surface area contributed by atoms with Crippen molar-refractivity contribution in [1.82, 2.24) is 19.7 Å². The summed E-state index contributed by atoms with van der Waals surface area (Å²) in [7, 11) is 1.79. The van der Waals surface area contributed by atoms with Gasteiger partial charge >= 0.3 is 0 Å². The van der Waals surface area contributed by atoms with Crippen molar-refractivity contribution in [3.63, 3.8) is 0 Å². The van der Waals surface area contributed by atoms with Crippen LogP contribution >= 0.6 is 15.9 Å². The monoisotopic (exact) mass is 283 g/mol. The zero-order chi connectivity index (χ0) is 11.7. The first-order valence-corrected chi connectivity index (χ1v) is 5.31. The molecule has 0 fully saturated rings. The van der Waals surface area contributed by atoms with Gasteiger partial charge in [-0.05, 0) is 22.9 Å². The highest BCUT2D eigenvalue weighted by molar-refractivity contribution is 9.10. The van der Waals surface area contributed by atoms with Crippen LogP contribution in [-0.2, 0) is 7.05 Å². The molecule has 0 atom stereocenters. The Labute approximate surface area is 101 Å². The fraction of sp³-hybridized carbons (Fsp3) is 0.222. The van der Waals surface area contributed by atoms with Crippen LogP contribution in [0.3, 0.4) is 0 Å². The highest BCUT2D eigenvalue weighted by Crippen LogP contribution is 2.30. The van der Waals surface area contributed by atoms with Crippen LogP contribution in [-0.4, -0.2) is 19.7 Å². The minimum atomic E-state index is 0.337. The molecule has 2 rings (SSSR count). The standard InChI is InChI=1S/C9H10BrN5O/c1-5-3-6(15(2)14-5)16-9-7(10)8(11)12-4-13-9/h3-4H,1-2H3,(H2,11,12,13). The summed E-state index contributed by atoms with van der Waals surface area (Å²) in [4.78, 5) is 7.81. The first-order valence-electron chi connectivity index (χ1n) is 4.52. The molecule has 0 aliphatic heterocycles. The van der Waals surface area contributed by atoms with E-state index in [4.69, 9.17) is 10.5 Å². The number of aromatic nitrogens is 4. The fourth-order valence-electron chi connectivity index (χ4n) is 1.22. The molecule has 0 unspecified atom stereocenters. The molecule has 0 aliphatic rings. The number of nitrogen functional groups attached to an aromatic ring is 1. The normalized spacial score (nSPS) is 10.4. The molecule has 0 spiro atoms. The minimum absolute atomic E-state index is 0.337. The van der Waals surface area contributed by atoms with Gasteiger partial charge in [0.15, 0.2) is 0 Å². The maximum absolute atomic E-state index is 5.62. The number of ether oxygens (including phenoxy) is 1. The lowest BCUT2D eigenvalue weighted by atomic mass is 10.5.